The first-order valence-corrected chi connectivity index (χ1v) is 17.2. The fraction of sp³-hybridized carbons (Fsp3) is 0. The first-order chi connectivity index (χ1) is 25.3. The zero-order valence-corrected chi connectivity index (χ0v) is 27.6. The Bertz CT molecular complexity index is 2830. The fourth-order valence-electron chi connectivity index (χ4n) is 7.42. The fourth-order valence-corrected chi connectivity index (χ4v) is 7.42. The second-order valence-corrected chi connectivity index (χ2v) is 12.9. The van der Waals surface area contributed by atoms with Gasteiger partial charge < -0.3 is 4.42 Å². The molecule has 51 heavy (non-hydrogen) atoms. The molecule has 0 atom stereocenters. The van der Waals surface area contributed by atoms with Crippen LogP contribution in [-0.2, 0) is 0 Å². The molecule has 0 unspecified atom stereocenters. The number of furan rings is 1. The molecule has 0 fully saturated rings. The van der Waals surface area contributed by atoms with Gasteiger partial charge in [-0.2, -0.15) is 0 Å². The Morgan fingerprint density at radius 2 is 0.843 bits per heavy atom. The van der Waals surface area contributed by atoms with Crippen LogP contribution < -0.4 is 0 Å². The number of benzene rings is 8. The average Bonchev–Trinajstić information content (AvgIpc) is 3.60. The van der Waals surface area contributed by atoms with Crippen molar-refractivity contribution in [2.75, 3.05) is 0 Å². The smallest absolute Gasteiger partial charge is 0.160 e. The molecule has 3 heteroatoms. The second-order valence-electron chi connectivity index (χ2n) is 12.9. The number of rotatable bonds is 5. The Kier molecular flexibility index (Phi) is 6.81. The standard InChI is InChI=1S/C48H30N2O/c1-3-14-33(15-4-1)44-30-45(50-48(49-44)35-16-5-2-6-17-35)34-27-25-32(26-28-34)42-29-43-41-24-12-23-40(37-22-11-18-31-13-7-8-19-36(31)37)46(41)51-47(43)39-21-10-9-20-38(39)42/h1-30H. The predicted octanol–water partition coefficient (Wildman–Crippen LogP) is 13.0. The number of para-hydroxylation sites is 1. The van der Waals surface area contributed by atoms with Gasteiger partial charge in [-0.3, -0.25) is 0 Å². The molecule has 0 aliphatic heterocycles. The van der Waals surface area contributed by atoms with E-state index < -0.39 is 0 Å². The molecule has 238 valence electrons. The zero-order valence-electron chi connectivity index (χ0n) is 27.6. The van der Waals surface area contributed by atoms with E-state index in [1.807, 2.05) is 36.4 Å². The van der Waals surface area contributed by atoms with Crippen molar-refractivity contribution in [3.05, 3.63) is 182 Å². The van der Waals surface area contributed by atoms with Crippen LogP contribution in [0.5, 0.6) is 0 Å². The summed E-state index contributed by atoms with van der Waals surface area (Å²) in [5.41, 5.74) is 11.3. The molecular weight excluding hydrogens is 621 g/mol. The highest BCUT2D eigenvalue weighted by molar-refractivity contribution is 6.21. The Labute approximate surface area is 295 Å². The van der Waals surface area contributed by atoms with E-state index >= 15 is 0 Å². The molecule has 2 heterocycles. The molecule has 0 radical (unpaired) electrons. The number of nitrogens with zero attached hydrogens (tertiary/aromatic N) is 2. The lowest BCUT2D eigenvalue weighted by Gasteiger charge is -2.11. The van der Waals surface area contributed by atoms with Crippen molar-refractivity contribution in [3.8, 4) is 56.2 Å². The number of aromatic nitrogens is 2. The second kappa shape index (κ2) is 11.9. The lowest BCUT2D eigenvalue weighted by molar-refractivity contribution is 0.674. The van der Waals surface area contributed by atoms with E-state index in [2.05, 4.69) is 146 Å². The maximum absolute atomic E-state index is 6.85. The number of hydrogen-bond donors (Lipinski definition) is 0. The molecule has 0 bridgehead atoms. The molecule has 0 amide bonds. The Morgan fingerprint density at radius 3 is 1.61 bits per heavy atom. The third-order valence-corrected chi connectivity index (χ3v) is 9.90. The summed E-state index contributed by atoms with van der Waals surface area (Å²) in [7, 11) is 0. The van der Waals surface area contributed by atoms with Crippen molar-refractivity contribution >= 4 is 43.5 Å². The quantitative estimate of drug-likeness (QED) is 0.186. The van der Waals surface area contributed by atoms with Crippen LogP contribution in [-0.4, -0.2) is 9.97 Å². The molecule has 0 aliphatic rings. The maximum atomic E-state index is 6.85. The van der Waals surface area contributed by atoms with Crippen LogP contribution in [0.2, 0.25) is 0 Å². The predicted molar refractivity (Wildman–Crippen MR) is 212 cm³/mol. The summed E-state index contributed by atoms with van der Waals surface area (Å²) in [6.07, 6.45) is 0. The number of fused-ring (bicyclic) bond motifs is 6. The Morgan fingerprint density at radius 1 is 0.314 bits per heavy atom. The van der Waals surface area contributed by atoms with Crippen molar-refractivity contribution in [2.24, 2.45) is 0 Å². The highest BCUT2D eigenvalue weighted by Gasteiger charge is 2.18. The zero-order chi connectivity index (χ0) is 33.7. The van der Waals surface area contributed by atoms with Gasteiger partial charge in [0.15, 0.2) is 5.82 Å². The Balaban J connectivity index is 1.12. The van der Waals surface area contributed by atoms with Crippen molar-refractivity contribution in [1.82, 2.24) is 9.97 Å². The summed E-state index contributed by atoms with van der Waals surface area (Å²) in [5, 5.41) is 6.92. The molecule has 0 saturated carbocycles. The molecule has 8 aromatic carbocycles. The summed E-state index contributed by atoms with van der Waals surface area (Å²) in [5.74, 6) is 0.710. The van der Waals surface area contributed by atoms with Gasteiger partial charge in [0.05, 0.1) is 11.4 Å². The van der Waals surface area contributed by atoms with E-state index in [-0.39, 0.29) is 0 Å². The van der Waals surface area contributed by atoms with E-state index in [1.54, 1.807) is 0 Å². The summed E-state index contributed by atoms with van der Waals surface area (Å²) in [6, 6.07) is 63.7. The van der Waals surface area contributed by atoms with Crippen LogP contribution in [0.3, 0.4) is 0 Å². The van der Waals surface area contributed by atoms with E-state index in [4.69, 9.17) is 14.4 Å². The van der Waals surface area contributed by atoms with Crippen LogP contribution in [0.15, 0.2) is 186 Å². The molecule has 0 spiro atoms. The SMILES string of the molecule is c1ccc(-c2cc(-c3ccc(-c4cc5c6cccc(-c7cccc8ccccc78)c6oc5c5ccccc45)cc3)nc(-c3ccccc3)n2)cc1. The highest BCUT2D eigenvalue weighted by atomic mass is 16.3. The number of hydrogen-bond acceptors (Lipinski definition) is 3. The lowest BCUT2D eigenvalue weighted by Crippen LogP contribution is -1.95. The van der Waals surface area contributed by atoms with Crippen molar-refractivity contribution in [1.29, 1.82) is 0 Å². The third kappa shape index (κ3) is 4.98. The third-order valence-electron chi connectivity index (χ3n) is 9.90. The van der Waals surface area contributed by atoms with Gasteiger partial charge in [0.2, 0.25) is 0 Å². The van der Waals surface area contributed by atoms with Gasteiger partial charge in [-0.25, -0.2) is 9.97 Å². The van der Waals surface area contributed by atoms with Gasteiger partial charge in [0.1, 0.15) is 11.2 Å². The summed E-state index contributed by atoms with van der Waals surface area (Å²) in [4.78, 5) is 10.0. The van der Waals surface area contributed by atoms with E-state index in [0.717, 1.165) is 71.9 Å². The molecule has 10 rings (SSSR count). The molecule has 0 aliphatic carbocycles. The summed E-state index contributed by atoms with van der Waals surface area (Å²) < 4.78 is 6.85. The maximum Gasteiger partial charge on any atom is 0.160 e. The molecule has 10 aromatic rings. The van der Waals surface area contributed by atoms with Gasteiger partial charge in [0, 0.05) is 38.4 Å². The van der Waals surface area contributed by atoms with Crippen LogP contribution in [0.25, 0.3) is 99.6 Å². The first-order valence-electron chi connectivity index (χ1n) is 17.2. The minimum atomic E-state index is 0.710. The topological polar surface area (TPSA) is 38.9 Å². The molecule has 2 aromatic heterocycles. The van der Waals surface area contributed by atoms with Gasteiger partial charge in [-0.15, -0.1) is 0 Å². The molecule has 0 saturated heterocycles. The summed E-state index contributed by atoms with van der Waals surface area (Å²) in [6.45, 7) is 0. The summed E-state index contributed by atoms with van der Waals surface area (Å²) >= 11 is 0. The van der Waals surface area contributed by atoms with E-state index in [1.165, 1.54) is 21.9 Å². The van der Waals surface area contributed by atoms with Crippen molar-refractivity contribution in [2.45, 2.75) is 0 Å². The largest absolute Gasteiger partial charge is 0.455 e. The van der Waals surface area contributed by atoms with E-state index in [9.17, 15) is 0 Å². The average molecular weight is 651 g/mol. The lowest BCUT2D eigenvalue weighted by atomic mass is 9.93. The van der Waals surface area contributed by atoms with Crippen molar-refractivity contribution < 1.29 is 4.42 Å². The minimum Gasteiger partial charge on any atom is -0.455 e. The van der Waals surface area contributed by atoms with Gasteiger partial charge in [-0.05, 0) is 45.0 Å². The van der Waals surface area contributed by atoms with Crippen LogP contribution in [0.1, 0.15) is 0 Å². The normalized spacial score (nSPS) is 11.5. The monoisotopic (exact) mass is 650 g/mol. The Hall–Kier alpha value is -6.84. The van der Waals surface area contributed by atoms with Crippen molar-refractivity contribution in [3.63, 3.8) is 0 Å². The highest BCUT2D eigenvalue weighted by Crippen LogP contribution is 2.43. The minimum absolute atomic E-state index is 0.710. The van der Waals surface area contributed by atoms with E-state index in [0.29, 0.717) is 5.82 Å². The van der Waals surface area contributed by atoms with Gasteiger partial charge >= 0.3 is 0 Å². The molecule has 0 N–H and O–H groups in total. The van der Waals surface area contributed by atoms with Crippen LogP contribution in [0, 0.1) is 0 Å². The molecule has 3 nitrogen and oxygen atoms in total. The van der Waals surface area contributed by atoms with Gasteiger partial charge in [-0.1, -0.05) is 170 Å². The van der Waals surface area contributed by atoms with Gasteiger partial charge in [0.25, 0.3) is 0 Å². The van der Waals surface area contributed by atoms with Crippen LogP contribution in [0.4, 0.5) is 0 Å². The first kappa shape index (κ1) is 29.1. The molecular formula is C48H30N2O. The van der Waals surface area contributed by atoms with Crippen LogP contribution >= 0.6 is 0 Å².